The van der Waals surface area contributed by atoms with Crippen molar-refractivity contribution >= 4 is 5.69 Å². The minimum absolute atomic E-state index is 0.172. The minimum Gasteiger partial charge on any atom is -0.378 e. The number of aryl methyl sites for hydroxylation is 2. The Morgan fingerprint density at radius 1 is 1.00 bits per heavy atom. The molecule has 1 nitrogen and oxygen atoms in total. The van der Waals surface area contributed by atoms with Crippen LogP contribution in [0.2, 0.25) is 0 Å². The summed E-state index contributed by atoms with van der Waals surface area (Å²) in [5.41, 5.74) is 4.86. The molecule has 0 amide bonds. The van der Waals surface area contributed by atoms with Crippen LogP contribution in [0.4, 0.5) is 10.1 Å². The molecule has 104 valence electrons. The van der Waals surface area contributed by atoms with Crippen molar-refractivity contribution in [1.29, 1.82) is 0 Å². The summed E-state index contributed by atoms with van der Waals surface area (Å²) in [7, 11) is 0. The summed E-state index contributed by atoms with van der Waals surface area (Å²) in [6.45, 7) is 4.23. The number of nitrogens with one attached hydrogen (secondary N) is 1. The first kappa shape index (κ1) is 13.2. The molecule has 3 rings (SSSR count). The van der Waals surface area contributed by atoms with Crippen molar-refractivity contribution in [3.8, 4) is 0 Å². The third-order valence-corrected chi connectivity index (χ3v) is 3.87. The van der Waals surface area contributed by atoms with E-state index in [1.165, 1.54) is 29.5 Å². The minimum atomic E-state index is -0.172. The fourth-order valence-electron chi connectivity index (χ4n) is 2.81. The summed E-state index contributed by atoms with van der Waals surface area (Å²) in [5, 5.41) is 3.64. The van der Waals surface area contributed by atoms with E-state index in [2.05, 4.69) is 37.4 Å². The smallest absolute Gasteiger partial charge is 0.123 e. The Bertz CT molecular complexity index is 579. The largest absolute Gasteiger partial charge is 0.378 e. The van der Waals surface area contributed by atoms with Crippen LogP contribution in [0.15, 0.2) is 42.5 Å². The number of hydrogen-bond donors (Lipinski definition) is 1. The van der Waals surface area contributed by atoms with E-state index < -0.39 is 0 Å². The van der Waals surface area contributed by atoms with Gasteiger partial charge in [-0.2, -0.15) is 0 Å². The molecule has 2 aromatic rings. The number of hydrogen-bond acceptors (Lipinski definition) is 1. The molecular formula is C18H20FN. The van der Waals surface area contributed by atoms with Gasteiger partial charge < -0.3 is 5.32 Å². The van der Waals surface area contributed by atoms with E-state index in [4.69, 9.17) is 0 Å². The molecule has 0 spiro atoms. The Labute approximate surface area is 119 Å². The predicted molar refractivity (Wildman–Crippen MR) is 81.4 cm³/mol. The standard InChI is InChI=1S/C18H20FN/c1-12-9-13(2)11-17(10-12)20-18(14-3-4-14)15-5-7-16(19)8-6-15/h5-11,14,18,20H,3-4H2,1-2H3. The molecule has 0 aliphatic heterocycles. The van der Waals surface area contributed by atoms with E-state index in [-0.39, 0.29) is 11.9 Å². The van der Waals surface area contributed by atoms with Crippen LogP contribution in [0.1, 0.15) is 35.6 Å². The van der Waals surface area contributed by atoms with Crippen molar-refractivity contribution in [2.45, 2.75) is 32.7 Å². The maximum Gasteiger partial charge on any atom is 0.123 e. The van der Waals surface area contributed by atoms with Gasteiger partial charge in [0.25, 0.3) is 0 Å². The third-order valence-electron chi connectivity index (χ3n) is 3.87. The Morgan fingerprint density at radius 3 is 2.15 bits per heavy atom. The highest BCUT2D eigenvalue weighted by molar-refractivity contribution is 5.50. The molecule has 1 fully saturated rings. The number of anilines is 1. The molecule has 0 radical (unpaired) electrons. The summed E-state index contributed by atoms with van der Waals surface area (Å²) < 4.78 is 13.1. The zero-order valence-electron chi connectivity index (χ0n) is 12.0. The van der Waals surface area contributed by atoms with Crippen molar-refractivity contribution in [2.75, 3.05) is 5.32 Å². The van der Waals surface area contributed by atoms with Crippen LogP contribution in [0, 0.1) is 25.6 Å². The van der Waals surface area contributed by atoms with Gasteiger partial charge in [0.1, 0.15) is 5.82 Å². The molecule has 0 aromatic heterocycles. The molecule has 1 N–H and O–H groups in total. The topological polar surface area (TPSA) is 12.0 Å². The van der Waals surface area contributed by atoms with Crippen molar-refractivity contribution < 1.29 is 4.39 Å². The van der Waals surface area contributed by atoms with Gasteiger partial charge in [-0.15, -0.1) is 0 Å². The van der Waals surface area contributed by atoms with Gasteiger partial charge >= 0.3 is 0 Å². The molecule has 0 saturated heterocycles. The van der Waals surface area contributed by atoms with Gasteiger partial charge in [-0.25, -0.2) is 4.39 Å². The number of rotatable bonds is 4. The van der Waals surface area contributed by atoms with Crippen LogP contribution in [0.25, 0.3) is 0 Å². The van der Waals surface area contributed by atoms with Crippen LogP contribution in [0.3, 0.4) is 0 Å². The Hall–Kier alpha value is -1.83. The van der Waals surface area contributed by atoms with E-state index in [0.717, 1.165) is 5.69 Å². The molecule has 1 aliphatic carbocycles. The van der Waals surface area contributed by atoms with Gasteiger partial charge in [-0.05, 0) is 73.6 Å². The lowest BCUT2D eigenvalue weighted by atomic mass is 10.0. The second-order valence-electron chi connectivity index (χ2n) is 5.89. The highest BCUT2D eigenvalue weighted by Crippen LogP contribution is 2.43. The van der Waals surface area contributed by atoms with Crippen molar-refractivity contribution in [3.05, 3.63) is 65.0 Å². The SMILES string of the molecule is Cc1cc(C)cc(NC(c2ccc(F)cc2)C2CC2)c1. The first-order chi connectivity index (χ1) is 9.61. The monoisotopic (exact) mass is 269 g/mol. The van der Waals surface area contributed by atoms with Crippen molar-refractivity contribution in [3.63, 3.8) is 0 Å². The van der Waals surface area contributed by atoms with Gasteiger partial charge in [-0.1, -0.05) is 18.2 Å². The summed E-state index contributed by atoms with van der Waals surface area (Å²) in [6, 6.07) is 13.7. The fourth-order valence-corrected chi connectivity index (χ4v) is 2.81. The maximum absolute atomic E-state index is 13.1. The normalized spacial score (nSPS) is 15.9. The number of halogens is 1. The average molecular weight is 269 g/mol. The van der Waals surface area contributed by atoms with Crippen LogP contribution < -0.4 is 5.32 Å². The van der Waals surface area contributed by atoms with Crippen molar-refractivity contribution in [1.82, 2.24) is 0 Å². The van der Waals surface area contributed by atoms with Gasteiger partial charge in [0, 0.05) is 5.69 Å². The zero-order chi connectivity index (χ0) is 14.1. The van der Waals surface area contributed by atoms with Gasteiger partial charge in [0.05, 0.1) is 6.04 Å². The fraction of sp³-hybridized carbons (Fsp3) is 0.333. The first-order valence-corrected chi connectivity index (χ1v) is 7.22. The van der Waals surface area contributed by atoms with Gasteiger partial charge in [-0.3, -0.25) is 0 Å². The lowest BCUT2D eigenvalue weighted by molar-refractivity contribution is 0.622. The summed E-state index contributed by atoms with van der Waals surface area (Å²) >= 11 is 0. The molecule has 1 unspecified atom stereocenters. The quantitative estimate of drug-likeness (QED) is 0.823. The van der Waals surface area contributed by atoms with E-state index in [1.54, 1.807) is 12.1 Å². The van der Waals surface area contributed by atoms with Gasteiger partial charge in [0.2, 0.25) is 0 Å². The van der Waals surface area contributed by atoms with Crippen LogP contribution in [0.5, 0.6) is 0 Å². The molecular weight excluding hydrogens is 249 g/mol. The maximum atomic E-state index is 13.1. The third kappa shape index (κ3) is 3.01. The van der Waals surface area contributed by atoms with Crippen LogP contribution >= 0.6 is 0 Å². The highest BCUT2D eigenvalue weighted by atomic mass is 19.1. The molecule has 1 saturated carbocycles. The van der Waals surface area contributed by atoms with E-state index in [0.29, 0.717) is 5.92 Å². The second kappa shape index (κ2) is 5.28. The summed E-state index contributed by atoms with van der Waals surface area (Å²) in [5.74, 6) is 0.496. The molecule has 20 heavy (non-hydrogen) atoms. The zero-order valence-corrected chi connectivity index (χ0v) is 12.0. The Kier molecular flexibility index (Phi) is 3.47. The van der Waals surface area contributed by atoms with E-state index in [1.807, 2.05) is 12.1 Å². The van der Waals surface area contributed by atoms with E-state index >= 15 is 0 Å². The second-order valence-corrected chi connectivity index (χ2v) is 5.89. The predicted octanol–water partition coefficient (Wildman–Crippen LogP) is 5.01. The highest BCUT2D eigenvalue weighted by Gasteiger charge is 2.32. The molecule has 0 bridgehead atoms. The Morgan fingerprint density at radius 2 is 1.60 bits per heavy atom. The lowest BCUT2D eigenvalue weighted by Gasteiger charge is -2.21. The van der Waals surface area contributed by atoms with Crippen LogP contribution in [-0.2, 0) is 0 Å². The van der Waals surface area contributed by atoms with Crippen LogP contribution in [-0.4, -0.2) is 0 Å². The molecule has 1 atom stereocenters. The lowest BCUT2D eigenvalue weighted by Crippen LogP contribution is -2.13. The Balaban J connectivity index is 1.86. The molecule has 2 heteroatoms. The summed E-state index contributed by atoms with van der Waals surface area (Å²) in [6.07, 6.45) is 2.50. The molecule has 2 aromatic carbocycles. The van der Waals surface area contributed by atoms with E-state index in [9.17, 15) is 4.39 Å². The molecule has 1 aliphatic rings. The molecule has 0 heterocycles. The summed E-state index contributed by atoms with van der Waals surface area (Å²) in [4.78, 5) is 0. The van der Waals surface area contributed by atoms with Crippen molar-refractivity contribution in [2.24, 2.45) is 5.92 Å². The average Bonchev–Trinajstić information content (AvgIpc) is 3.20. The first-order valence-electron chi connectivity index (χ1n) is 7.22. The van der Waals surface area contributed by atoms with Gasteiger partial charge in [0.15, 0.2) is 0 Å². The number of benzene rings is 2.